The first-order valence-corrected chi connectivity index (χ1v) is 6.81. The first kappa shape index (κ1) is 13.4. The van der Waals surface area contributed by atoms with Crippen LogP contribution in [-0.2, 0) is 4.74 Å². The molecule has 1 aromatic carbocycles. The van der Waals surface area contributed by atoms with Crippen LogP contribution in [0, 0.1) is 0 Å². The molecule has 1 aromatic rings. The molecular weight excluding hydrogens is 224 g/mol. The lowest BCUT2D eigenvalue weighted by atomic mass is 9.98. The predicted molar refractivity (Wildman–Crippen MR) is 76.3 cm³/mol. The summed E-state index contributed by atoms with van der Waals surface area (Å²) < 4.78 is 5.08. The smallest absolute Gasteiger partial charge is 0.0474 e. The van der Waals surface area contributed by atoms with E-state index >= 15 is 0 Å². The Morgan fingerprint density at radius 2 is 2.17 bits per heavy atom. The Balaban J connectivity index is 1.75. The van der Waals surface area contributed by atoms with Crippen molar-refractivity contribution in [2.24, 2.45) is 0 Å². The van der Waals surface area contributed by atoms with Crippen LogP contribution in [0.2, 0.25) is 0 Å². The fourth-order valence-electron chi connectivity index (χ4n) is 2.58. The largest absolute Gasteiger partial charge is 0.385 e. The molecule has 0 aliphatic carbocycles. The van der Waals surface area contributed by atoms with E-state index in [2.05, 4.69) is 41.5 Å². The van der Waals surface area contributed by atoms with Crippen LogP contribution in [0.5, 0.6) is 0 Å². The van der Waals surface area contributed by atoms with Crippen molar-refractivity contribution in [2.75, 3.05) is 45.7 Å². The fourth-order valence-corrected chi connectivity index (χ4v) is 2.58. The van der Waals surface area contributed by atoms with E-state index in [1.807, 2.05) is 0 Å². The highest BCUT2D eigenvalue weighted by atomic mass is 16.5. The van der Waals surface area contributed by atoms with Crippen LogP contribution in [0.3, 0.4) is 0 Å². The van der Waals surface area contributed by atoms with Crippen LogP contribution in [0.1, 0.15) is 24.3 Å². The monoisotopic (exact) mass is 248 g/mol. The highest BCUT2D eigenvalue weighted by molar-refractivity contribution is 5.57. The van der Waals surface area contributed by atoms with E-state index in [9.17, 15) is 0 Å². The van der Waals surface area contributed by atoms with Gasteiger partial charge in [-0.05, 0) is 38.1 Å². The Labute approximate surface area is 110 Å². The number of anilines is 1. The molecule has 0 spiro atoms. The Kier molecular flexibility index (Phi) is 5.02. The van der Waals surface area contributed by atoms with Crippen molar-refractivity contribution in [3.8, 4) is 0 Å². The maximum Gasteiger partial charge on any atom is 0.0474 e. The second kappa shape index (κ2) is 6.76. The van der Waals surface area contributed by atoms with Gasteiger partial charge >= 0.3 is 0 Å². The third kappa shape index (κ3) is 3.47. The highest BCUT2D eigenvalue weighted by Gasteiger charge is 2.21. The van der Waals surface area contributed by atoms with Crippen molar-refractivity contribution in [3.05, 3.63) is 29.8 Å². The SMILES string of the molecule is COCCCN(C)CCC1CNc2ccccc21. The molecule has 1 aliphatic rings. The lowest BCUT2D eigenvalue weighted by Gasteiger charge is -2.18. The summed E-state index contributed by atoms with van der Waals surface area (Å²) in [4.78, 5) is 2.40. The summed E-state index contributed by atoms with van der Waals surface area (Å²) in [5.41, 5.74) is 2.81. The molecule has 1 aliphatic heterocycles. The van der Waals surface area contributed by atoms with Crippen LogP contribution in [0.4, 0.5) is 5.69 Å². The van der Waals surface area contributed by atoms with Crippen molar-refractivity contribution in [1.82, 2.24) is 4.90 Å². The van der Waals surface area contributed by atoms with Gasteiger partial charge in [-0.3, -0.25) is 0 Å². The summed E-state index contributed by atoms with van der Waals surface area (Å²) in [6, 6.07) is 8.68. The van der Waals surface area contributed by atoms with Crippen molar-refractivity contribution < 1.29 is 4.74 Å². The Morgan fingerprint density at radius 3 is 3.00 bits per heavy atom. The Bertz CT molecular complexity index is 367. The zero-order valence-electron chi connectivity index (χ0n) is 11.5. The molecule has 0 saturated carbocycles. The minimum absolute atomic E-state index is 0.672. The highest BCUT2D eigenvalue weighted by Crippen LogP contribution is 2.33. The molecule has 1 unspecified atom stereocenters. The number of methoxy groups -OCH3 is 1. The quantitative estimate of drug-likeness (QED) is 0.751. The summed E-state index contributed by atoms with van der Waals surface area (Å²) >= 11 is 0. The summed E-state index contributed by atoms with van der Waals surface area (Å²) in [5.74, 6) is 0.672. The summed E-state index contributed by atoms with van der Waals surface area (Å²) in [6.45, 7) is 4.23. The van der Waals surface area contributed by atoms with E-state index in [4.69, 9.17) is 4.74 Å². The van der Waals surface area contributed by atoms with E-state index in [1.54, 1.807) is 7.11 Å². The van der Waals surface area contributed by atoms with E-state index in [1.165, 1.54) is 17.7 Å². The molecular formula is C15H24N2O. The molecule has 18 heavy (non-hydrogen) atoms. The van der Waals surface area contributed by atoms with Gasteiger partial charge in [-0.1, -0.05) is 18.2 Å². The molecule has 1 atom stereocenters. The minimum Gasteiger partial charge on any atom is -0.385 e. The van der Waals surface area contributed by atoms with Gasteiger partial charge in [0.15, 0.2) is 0 Å². The molecule has 3 heteroatoms. The summed E-state index contributed by atoms with van der Waals surface area (Å²) in [5, 5.41) is 3.49. The van der Waals surface area contributed by atoms with Gasteiger partial charge in [-0.25, -0.2) is 0 Å². The van der Waals surface area contributed by atoms with Gasteiger partial charge in [0.2, 0.25) is 0 Å². The molecule has 3 nitrogen and oxygen atoms in total. The second-order valence-corrected chi connectivity index (χ2v) is 5.10. The fraction of sp³-hybridized carbons (Fsp3) is 0.600. The molecule has 1 heterocycles. The van der Waals surface area contributed by atoms with Gasteiger partial charge in [-0.2, -0.15) is 0 Å². The van der Waals surface area contributed by atoms with Crippen molar-refractivity contribution in [3.63, 3.8) is 0 Å². The Morgan fingerprint density at radius 1 is 1.33 bits per heavy atom. The predicted octanol–water partition coefficient (Wildman–Crippen LogP) is 2.55. The van der Waals surface area contributed by atoms with E-state index in [-0.39, 0.29) is 0 Å². The zero-order valence-corrected chi connectivity index (χ0v) is 11.5. The maximum absolute atomic E-state index is 5.08. The topological polar surface area (TPSA) is 24.5 Å². The van der Waals surface area contributed by atoms with E-state index < -0.39 is 0 Å². The van der Waals surface area contributed by atoms with Gasteiger partial charge in [0.1, 0.15) is 0 Å². The molecule has 1 N–H and O–H groups in total. The first-order chi connectivity index (χ1) is 8.81. The molecule has 0 amide bonds. The third-order valence-electron chi connectivity index (χ3n) is 3.69. The molecule has 0 radical (unpaired) electrons. The van der Waals surface area contributed by atoms with Gasteiger partial charge in [0.05, 0.1) is 0 Å². The van der Waals surface area contributed by atoms with E-state index in [0.29, 0.717) is 5.92 Å². The molecule has 2 rings (SSSR count). The van der Waals surface area contributed by atoms with Crippen molar-refractivity contribution in [2.45, 2.75) is 18.8 Å². The molecule has 0 fully saturated rings. The normalized spacial score (nSPS) is 17.8. The number of para-hydroxylation sites is 1. The van der Waals surface area contributed by atoms with Crippen LogP contribution >= 0.6 is 0 Å². The van der Waals surface area contributed by atoms with Crippen LogP contribution in [-0.4, -0.2) is 45.3 Å². The standard InChI is InChI=1S/C15H24N2O/c1-17(9-5-11-18-2)10-8-13-12-16-15-7-4-3-6-14(13)15/h3-4,6-7,13,16H,5,8-12H2,1-2H3. The maximum atomic E-state index is 5.08. The minimum atomic E-state index is 0.672. The van der Waals surface area contributed by atoms with Crippen molar-refractivity contribution >= 4 is 5.69 Å². The molecule has 0 saturated heterocycles. The second-order valence-electron chi connectivity index (χ2n) is 5.10. The molecule has 100 valence electrons. The number of benzene rings is 1. The lowest BCUT2D eigenvalue weighted by Crippen LogP contribution is -2.23. The lowest BCUT2D eigenvalue weighted by molar-refractivity contribution is 0.178. The number of nitrogens with zero attached hydrogens (tertiary/aromatic N) is 1. The molecule has 0 bridgehead atoms. The number of hydrogen-bond acceptors (Lipinski definition) is 3. The number of nitrogens with one attached hydrogen (secondary N) is 1. The Hall–Kier alpha value is -1.06. The number of hydrogen-bond donors (Lipinski definition) is 1. The van der Waals surface area contributed by atoms with Crippen LogP contribution < -0.4 is 5.32 Å². The van der Waals surface area contributed by atoms with Gasteiger partial charge in [-0.15, -0.1) is 0 Å². The van der Waals surface area contributed by atoms with E-state index in [0.717, 1.165) is 32.7 Å². The van der Waals surface area contributed by atoms with Gasteiger partial charge in [0, 0.05) is 38.4 Å². The van der Waals surface area contributed by atoms with Gasteiger partial charge < -0.3 is 15.0 Å². The number of rotatable bonds is 7. The third-order valence-corrected chi connectivity index (χ3v) is 3.69. The average Bonchev–Trinajstić information content (AvgIpc) is 2.80. The van der Waals surface area contributed by atoms with Crippen LogP contribution in [0.25, 0.3) is 0 Å². The van der Waals surface area contributed by atoms with Crippen LogP contribution in [0.15, 0.2) is 24.3 Å². The first-order valence-electron chi connectivity index (χ1n) is 6.81. The summed E-state index contributed by atoms with van der Waals surface area (Å²) in [6.07, 6.45) is 2.35. The van der Waals surface area contributed by atoms with Gasteiger partial charge in [0.25, 0.3) is 0 Å². The zero-order chi connectivity index (χ0) is 12.8. The van der Waals surface area contributed by atoms with Crippen molar-refractivity contribution in [1.29, 1.82) is 0 Å². The average molecular weight is 248 g/mol. The number of ether oxygens (including phenoxy) is 1. The summed E-state index contributed by atoms with van der Waals surface area (Å²) in [7, 11) is 3.96. The number of fused-ring (bicyclic) bond motifs is 1. The molecule has 0 aromatic heterocycles.